The predicted molar refractivity (Wildman–Crippen MR) is 92.7 cm³/mol. The summed E-state index contributed by atoms with van der Waals surface area (Å²) >= 11 is 0. The number of sulfonamides is 1. The van der Waals surface area contributed by atoms with Crippen LogP contribution in [0.2, 0.25) is 0 Å². The van der Waals surface area contributed by atoms with Gasteiger partial charge in [-0.05, 0) is 25.1 Å². The summed E-state index contributed by atoms with van der Waals surface area (Å²) in [6, 6.07) is 11.7. The van der Waals surface area contributed by atoms with E-state index in [4.69, 9.17) is 0 Å². The molecule has 2 aromatic carbocycles. The number of nitro groups is 1. The van der Waals surface area contributed by atoms with Crippen molar-refractivity contribution in [1.82, 2.24) is 4.31 Å². The summed E-state index contributed by atoms with van der Waals surface area (Å²) < 4.78 is 25.8. The van der Waals surface area contributed by atoms with Crippen molar-refractivity contribution in [2.24, 2.45) is 0 Å². The molecule has 0 aliphatic carbocycles. The molecule has 2 rings (SSSR count). The van der Waals surface area contributed by atoms with Gasteiger partial charge in [0.25, 0.3) is 5.69 Å². The molecule has 0 spiro atoms. The second-order valence-corrected chi connectivity index (χ2v) is 7.47. The van der Waals surface area contributed by atoms with Crippen molar-refractivity contribution in [3.8, 4) is 0 Å². The molecule has 0 aliphatic rings. The van der Waals surface area contributed by atoms with E-state index < -0.39 is 27.4 Å². The number of nitrogens with one attached hydrogen (secondary N) is 1. The van der Waals surface area contributed by atoms with Gasteiger partial charge >= 0.3 is 0 Å². The smallest absolute Gasteiger partial charge is 0.271 e. The first-order chi connectivity index (χ1) is 11.7. The Bertz CT molecular complexity index is 894. The molecule has 0 atom stereocenters. The lowest BCUT2D eigenvalue weighted by Crippen LogP contribution is -2.34. The fourth-order valence-corrected chi connectivity index (χ4v) is 3.20. The van der Waals surface area contributed by atoms with Crippen LogP contribution in [-0.2, 0) is 14.8 Å². The Labute approximate surface area is 145 Å². The number of hydrogen-bond donors (Lipinski definition) is 1. The highest BCUT2D eigenvalue weighted by Crippen LogP contribution is 2.18. The number of benzene rings is 2. The Balaban J connectivity index is 2.08. The third kappa shape index (κ3) is 4.61. The Morgan fingerprint density at radius 3 is 2.44 bits per heavy atom. The third-order valence-electron chi connectivity index (χ3n) is 3.44. The number of nitro benzene ring substituents is 1. The third-order valence-corrected chi connectivity index (χ3v) is 5.25. The van der Waals surface area contributed by atoms with Crippen molar-refractivity contribution < 1.29 is 18.1 Å². The first-order valence-electron chi connectivity index (χ1n) is 7.27. The van der Waals surface area contributed by atoms with Gasteiger partial charge in [0.05, 0.1) is 16.4 Å². The van der Waals surface area contributed by atoms with Crippen LogP contribution >= 0.6 is 0 Å². The minimum atomic E-state index is -3.80. The molecule has 2 aromatic rings. The Hall–Kier alpha value is -2.78. The van der Waals surface area contributed by atoms with Crippen LogP contribution in [0, 0.1) is 17.0 Å². The lowest BCUT2D eigenvalue weighted by Gasteiger charge is -2.17. The fraction of sp³-hybridized carbons (Fsp3) is 0.188. The van der Waals surface area contributed by atoms with E-state index in [0.29, 0.717) is 0 Å². The van der Waals surface area contributed by atoms with Gasteiger partial charge in [0, 0.05) is 24.9 Å². The molecule has 1 N–H and O–H groups in total. The highest BCUT2D eigenvalue weighted by molar-refractivity contribution is 7.89. The molecule has 0 saturated heterocycles. The van der Waals surface area contributed by atoms with Crippen molar-refractivity contribution >= 4 is 27.3 Å². The Kier molecular flexibility index (Phi) is 5.50. The topological polar surface area (TPSA) is 110 Å². The van der Waals surface area contributed by atoms with Crippen molar-refractivity contribution in [2.75, 3.05) is 18.9 Å². The zero-order chi connectivity index (χ0) is 18.6. The lowest BCUT2D eigenvalue weighted by atomic mass is 10.2. The molecular formula is C16H17N3O5S. The van der Waals surface area contributed by atoms with E-state index >= 15 is 0 Å². The van der Waals surface area contributed by atoms with Crippen molar-refractivity contribution in [1.29, 1.82) is 0 Å². The highest BCUT2D eigenvalue weighted by atomic mass is 32.2. The minimum absolute atomic E-state index is 0.0868. The summed E-state index contributed by atoms with van der Waals surface area (Å²) in [5, 5.41) is 13.2. The van der Waals surface area contributed by atoms with Gasteiger partial charge < -0.3 is 5.32 Å². The highest BCUT2D eigenvalue weighted by Gasteiger charge is 2.23. The fourth-order valence-electron chi connectivity index (χ4n) is 2.08. The largest absolute Gasteiger partial charge is 0.325 e. The summed E-state index contributed by atoms with van der Waals surface area (Å²) in [7, 11) is -2.51. The second-order valence-electron chi connectivity index (χ2n) is 5.43. The van der Waals surface area contributed by atoms with E-state index in [2.05, 4.69) is 5.32 Å². The van der Waals surface area contributed by atoms with Crippen molar-refractivity contribution in [3.05, 3.63) is 64.2 Å². The first-order valence-corrected chi connectivity index (χ1v) is 8.71. The second kappa shape index (κ2) is 7.41. The number of carbonyl (C=O) groups is 1. The predicted octanol–water partition coefficient (Wildman–Crippen LogP) is 2.16. The zero-order valence-electron chi connectivity index (χ0n) is 13.7. The molecule has 0 bridgehead atoms. The van der Waals surface area contributed by atoms with Crippen molar-refractivity contribution in [2.45, 2.75) is 11.8 Å². The molecule has 132 valence electrons. The number of non-ortho nitro benzene ring substituents is 1. The summed E-state index contributed by atoms with van der Waals surface area (Å²) in [4.78, 5) is 22.3. The molecule has 0 fully saturated rings. The van der Waals surface area contributed by atoms with E-state index in [0.717, 1.165) is 9.87 Å². The molecule has 8 nitrogen and oxygen atoms in total. The quantitative estimate of drug-likeness (QED) is 0.625. The van der Waals surface area contributed by atoms with E-state index in [1.807, 2.05) is 6.92 Å². The maximum atomic E-state index is 12.4. The number of aryl methyl sites for hydroxylation is 1. The number of nitrogens with zero attached hydrogens (tertiary/aromatic N) is 2. The van der Waals surface area contributed by atoms with Crippen LogP contribution in [-0.4, -0.2) is 37.1 Å². The molecule has 0 aromatic heterocycles. The average Bonchev–Trinajstić information content (AvgIpc) is 2.55. The lowest BCUT2D eigenvalue weighted by molar-refractivity contribution is -0.384. The van der Waals surface area contributed by atoms with E-state index in [1.165, 1.54) is 43.4 Å². The summed E-state index contributed by atoms with van der Waals surface area (Å²) in [5.74, 6) is -0.598. The van der Waals surface area contributed by atoms with E-state index in [1.54, 1.807) is 12.1 Å². The van der Waals surface area contributed by atoms with Crippen LogP contribution in [0.4, 0.5) is 11.4 Å². The number of amides is 1. The molecule has 0 aliphatic heterocycles. The van der Waals surface area contributed by atoms with Gasteiger partial charge in [-0.1, -0.05) is 23.8 Å². The molecule has 0 radical (unpaired) electrons. The molecule has 9 heteroatoms. The average molecular weight is 363 g/mol. The zero-order valence-corrected chi connectivity index (χ0v) is 14.5. The monoisotopic (exact) mass is 363 g/mol. The minimum Gasteiger partial charge on any atom is -0.325 e. The molecule has 1 amide bonds. The van der Waals surface area contributed by atoms with Gasteiger partial charge in [0.2, 0.25) is 15.9 Å². The molecule has 0 heterocycles. The van der Waals surface area contributed by atoms with Crippen LogP contribution in [0.3, 0.4) is 0 Å². The maximum Gasteiger partial charge on any atom is 0.271 e. The van der Waals surface area contributed by atoms with Crippen LogP contribution in [0.15, 0.2) is 53.4 Å². The summed E-state index contributed by atoms with van der Waals surface area (Å²) in [5.41, 5.74) is 0.976. The van der Waals surface area contributed by atoms with Crippen LogP contribution in [0.5, 0.6) is 0 Å². The van der Waals surface area contributed by atoms with Crippen LogP contribution in [0.1, 0.15) is 5.56 Å². The van der Waals surface area contributed by atoms with Gasteiger partial charge in [0.1, 0.15) is 0 Å². The van der Waals surface area contributed by atoms with Crippen molar-refractivity contribution in [3.63, 3.8) is 0 Å². The Morgan fingerprint density at radius 2 is 1.84 bits per heavy atom. The molecule has 0 saturated carbocycles. The van der Waals surface area contributed by atoms with Crippen LogP contribution in [0.25, 0.3) is 0 Å². The number of anilines is 1. The molecule has 25 heavy (non-hydrogen) atoms. The standard InChI is InChI=1S/C16H17N3O5S/c1-12-6-8-15(9-7-12)25(23,24)18(2)11-16(20)17-13-4-3-5-14(10-13)19(21)22/h3-10H,11H2,1-2H3,(H,17,20). The number of carbonyl (C=O) groups excluding carboxylic acids is 1. The summed E-state index contributed by atoms with van der Waals surface area (Å²) in [6.45, 7) is 1.42. The van der Waals surface area contributed by atoms with Gasteiger partial charge in [-0.25, -0.2) is 8.42 Å². The Morgan fingerprint density at radius 1 is 1.20 bits per heavy atom. The van der Waals surface area contributed by atoms with Gasteiger partial charge in [-0.3, -0.25) is 14.9 Å². The van der Waals surface area contributed by atoms with Crippen LogP contribution < -0.4 is 5.32 Å². The molecular weight excluding hydrogens is 346 g/mol. The van der Waals surface area contributed by atoms with E-state index in [9.17, 15) is 23.3 Å². The van der Waals surface area contributed by atoms with E-state index in [-0.39, 0.29) is 16.3 Å². The normalized spacial score (nSPS) is 11.3. The van der Waals surface area contributed by atoms with Gasteiger partial charge in [-0.15, -0.1) is 0 Å². The maximum absolute atomic E-state index is 12.4. The molecule has 0 unspecified atom stereocenters. The number of likely N-dealkylation sites (N-methyl/N-ethyl adjacent to an activating group) is 1. The number of rotatable bonds is 6. The SMILES string of the molecule is Cc1ccc(S(=O)(=O)N(C)CC(=O)Nc2cccc([N+](=O)[O-])c2)cc1. The summed E-state index contributed by atoms with van der Waals surface area (Å²) in [6.07, 6.45) is 0. The number of hydrogen-bond acceptors (Lipinski definition) is 5. The van der Waals surface area contributed by atoms with Gasteiger partial charge in [0.15, 0.2) is 0 Å². The van der Waals surface area contributed by atoms with Gasteiger partial charge in [-0.2, -0.15) is 4.31 Å². The first kappa shape index (κ1) is 18.6.